The fraction of sp³-hybridized carbons (Fsp3) is 0.387. The maximum absolute atomic E-state index is 13.1. The van der Waals surface area contributed by atoms with Gasteiger partial charge in [-0.15, -0.1) is 0 Å². The number of ether oxygens (including phenoxy) is 1. The number of nitrogens with one attached hydrogen (secondary N) is 1. The Bertz CT molecular complexity index is 1330. The third kappa shape index (κ3) is 4.55. The molecule has 6 nitrogen and oxygen atoms in total. The van der Waals surface area contributed by atoms with Crippen molar-refractivity contribution in [3.8, 4) is 17.5 Å². The quantitative estimate of drug-likeness (QED) is 0.311. The lowest BCUT2D eigenvalue weighted by Gasteiger charge is -2.56. The van der Waals surface area contributed by atoms with Crippen molar-refractivity contribution in [2.24, 2.45) is 17.8 Å². The summed E-state index contributed by atoms with van der Waals surface area (Å²) in [5, 5.41) is 18.0. The summed E-state index contributed by atoms with van der Waals surface area (Å²) in [6, 6.07) is 19.4. The lowest BCUT2D eigenvalue weighted by molar-refractivity contribution is -0.112. The third-order valence-corrected chi connectivity index (χ3v) is 8.39. The van der Waals surface area contributed by atoms with Crippen LogP contribution in [0, 0.1) is 29.1 Å². The Morgan fingerprint density at radius 1 is 1.08 bits per heavy atom. The van der Waals surface area contributed by atoms with Crippen LogP contribution in [0.3, 0.4) is 0 Å². The maximum atomic E-state index is 13.1. The van der Waals surface area contributed by atoms with E-state index in [-0.39, 0.29) is 11.0 Å². The zero-order chi connectivity index (χ0) is 25.4. The van der Waals surface area contributed by atoms with E-state index in [1.807, 2.05) is 60.3 Å². The number of nitrogens with zero attached hydrogens (tertiary/aromatic N) is 3. The van der Waals surface area contributed by atoms with Gasteiger partial charge in [-0.1, -0.05) is 18.2 Å². The fourth-order valence-corrected chi connectivity index (χ4v) is 7.32. The topological polar surface area (TPSA) is 79.9 Å². The van der Waals surface area contributed by atoms with E-state index in [1.165, 1.54) is 19.3 Å². The number of hydrogen-bond acceptors (Lipinski definition) is 4. The minimum atomic E-state index is -0.421. The Morgan fingerprint density at radius 3 is 2.32 bits per heavy atom. The first-order valence-corrected chi connectivity index (χ1v) is 13.4. The highest BCUT2D eigenvalue weighted by Crippen LogP contribution is 2.61. The summed E-state index contributed by atoms with van der Waals surface area (Å²) in [6.45, 7) is 2.51. The zero-order valence-corrected chi connectivity index (χ0v) is 21.2. The van der Waals surface area contributed by atoms with Crippen molar-refractivity contribution >= 4 is 17.7 Å². The van der Waals surface area contributed by atoms with Crippen LogP contribution in [0.5, 0.6) is 5.75 Å². The van der Waals surface area contributed by atoms with Gasteiger partial charge in [-0.3, -0.25) is 4.79 Å². The van der Waals surface area contributed by atoms with Crippen LogP contribution in [0.25, 0.3) is 11.8 Å². The highest BCUT2D eigenvalue weighted by Gasteiger charge is 2.53. The van der Waals surface area contributed by atoms with Crippen molar-refractivity contribution < 1.29 is 9.53 Å². The number of aromatic nitrogens is 2. The predicted molar refractivity (Wildman–Crippen MR) is 143 cm³/mol. The molecular formula is C31H32N4O2. The molecule has 4 fully saturated rings. The summed E-state index contributed by atoms with van der Waals surface area (Å²) < 4.78 is 7.40. The molecule has 1 aromatic heterocycles. The number of amides is 1. The van der Waals surface area contributed by atoms with Crippen molar-refractivity contribution in [3.63, 3.8) is 0 Å². The molecule has 0 atom stereocenters. The molecule has 4 aliphatic carbocycles. The monoisotopic (exact) mass is 492 g/mol. The molecule has 0 saturated heterocycles. The van der Waals surface area contributed by atoms with E-state index < -0.39 is 5.91 Å². The number of nitriles is 1. The van der Waals surface area contributed by atoms with Crippen molar-refractivity contribution in [1.29, 1.82) is 5.26 Å². The van der Waals surface area contributed by atoms with Crippen molar-refractivity contribution in [2.75, 3.05) is 11.9 Å². The van der Waals surface area contributed by atoms with Crippen LogP contribution >= 0.6 is 0 Å². The third-order valence-electron chi connectivity index (χ3n) is 8.39. The molecule has 2 aromatic carbocycles. The molecule has 1 amide bonds. The number of anilines is 1. The van der Waals surface area contributed by atoms with Gasteiger partial charge in [0.15, 0.2) is 0 Å². The van der Waals surface area contributed by atoms with Crippen LogP contribution in [-0.2, 0) is 10.2 Å². The summed E-state index contributed by atoms with van der Waals surface area (Å²) in [4.78, 5) is 13.1. The summed E-state index contributed by atoms with van der Waals surface area (Å²) in [7, 11) is 0. The Kier molecular flexibility index (Phi) is 6.08. The number of carbonyl (C=O) groups excluding carboxylic acids is 1. The molecule has 188 valence electrons. The van der Waals surface area contributed by atoms with Gasteiger partial charge in [0.25, 0.3) is 5.91 Å². The molecule has 1 heterocycles. The van der Waals surface area contributed by atoms with E-state index >= 15 is 0 Å². The number of carbonyl (C=O) groups is 1. The molecule has 4 bridgehead atoms. The second-order valence-electron chi connectivity index (χ2n) is 11.0. The van der Waals surface area contributed by atoms with Gasteiger partial charge in [-0.25, -0.2) is 4.68 Å². The van der Waals surface area contributed by atoms with Gasteiger partial charge in [0.1, 0.15) is 17.4 Å². The van der Waals surface area contributed by atoms with Crippen LogP contribution in [0.2, 0.25) is 0 Å². The van der Waals surface area contributed by atoms with E-state index in [9.17, 15) is 10.1 Å². The van der Waals surface area contributed by atoms with Gasteiger partial charge in [0.2, 0.25) is 0 Å². The van der Waals surface area contributed by atoms with Gasteiger partial charge in [-0.05, 0) is 106 Å². The van der Waals surface area contributed by atoms with Gasteiger partial charge in [-0.2, -0.15) is 10.4 Å². The first-order valence-electron chi connectivity index (χ1n) is 13.4. The molecule has 37 heavy (non-hydrogen) atoms. The molecule has 7 rings (SSSR count). The van der Waals surface area contributed by atoms with E-state index in [1.54, 1.807) is 18.2 Å². The molecule has 4 aliphatic rings. The standard InChI is InChI=1S/C31H32N4O2/c1-2-37-28-10-8-26(9-11-28)33-30(36)24(19-32)15-25-20-35(27-6-4-3-5-7-27)34-29(25)31-16-21-12-22(17-31)14-23(13-21)18-31/h3-11,15,20-23H,2,12-14,16-18H2,1H3,(H,33,36). The Labute approximate surface area is 218 Å². The minimum absolute atomic E-state index is 0.0345. The van der Waals surface area contributed by atoms with Gasteiger partial charge >= 0.3 is 0 Å². The Balaban J connectivity index is 1.35. The molecular weight excluding hydrogens is 460 g/mol. The van der Waals surface area contributed by atoms with Gasteiger partial charge < -0.3 is 10.1 Å². The normalized spacial score (nSPS) is 26.1. The lowest BCUT2D eigenvalue weighted by atomic mass is 9.48. The van der Waals surface area contributed by atoms with Crippen LogP contribution in [0.15, 0.2) is 66.4 Å². The number of benzene rings is 2. The highest BCUT2D eigenvalue weighted by molar-refractivity contribution is 6.09. The van der Waals surface area contributed by atoms with E-state index in [0.29, 0.717) is 12.3 Å². The largest absolute Gasteiger partial charge is 0.494 e. The molecule has 3 aromatic rings. The van der Waals surface area contributed by atoms with Gasteiger partial charge in [0.05, 0.1) is 18.0 Å². The van der Waals surface area contributed by atoms with Gasteiger partial charge in [0, 0.05) is 22.9 Å². The van der Waals surface area contributed by atoms with Crippen molar-refractivity contribution in [2.45, 2.75) is 50.9 Å². The van der Waals surface area contributed by atoms with Crippen LogP contribution in [0.4, 0.5) is 5.69 Å². The number of rotatable bonds is 7. The second kappa shape index (κ2) is 9.55. The Hall–Kier alpha value is -3.85. The Morgan fingerprint density at radius 2 is 1.73 bits per heavy atom. The molecule has 0 unspecified atom stereocenters. The van der Waals surface area contributed by atoms with E-state index in [2.05, 4.69) is 11.4 Å². The van der Waals surface area contributed by atoms with Crippen LogP contribution in [0.1, 0.15) is 56.7 Å². The average molecular weight is 493 g/mol. The van der Waals surface area contributed by atoms with E-state index in [4.69, 9.17) is 9.84 Å². The minimum Gasteiger partial charge on any atom is -0.494 e. The van der Waals surface area contributed by atoms with Crippen LogP contribution in [-0.4, -0.2) is 22.3 Å². The summed E-state index contributed by atoms with van der Waals surface area (Å²) >= 11 is 0. The molecule has 1 N–H and O–H groups in total. The number of para-hydroxylation sites is 1. The predicted octanol–water partition coefficient (Wildman–Crippen LogP) is 6.28. The summed E-state index contributed by atoms with van der Waals surface area (Å²) in [6.07, 6.45) is 11.2. The lowest BCUT2D eigenvalue weighted by Crippen LogP contribution is -2.49. The highest BCUT2D eigenvalue weighted by atomic mass is 16.5. The molecule has 0 aliphatic heterocycles. The second-order valence-corrected chi connectivity index (χ2v) is 11.0. The summed E-state index contributed by atoms with van der Waals surface area (Å²) in [5.41, 5.74) is 3.64. The van der Waals surface area contributed by atoms with Crippen LogP contribution < -0.4 is 10.1 Å². The van der Waals surface area contributed by atoms with E-state index in [0.717, 1.165) is 59.7 Å². The zero-order valence-electron chi connectivity index (χ0n) is 21.2. The average Bonchev–Trinajstić information content (AvgIpc) is 3.33. The van der Waals surface area contributed by atoms with Crippen molar-refractivity contribution in [3.05, 3.63) is 77.6 Å². The molecule has 6 heteroatoms. The first-order chi connectivity index (χ1) is 18.0. The smallest absolute Gasteiger partial charge is 0.266 e. The number of hydrogen-bond donors (Lipinski definition) is 1. The summed E-state index contributed by atoms with van der Waals surface area (Å²) in [5.74, 6) is 2.62. The maximum Gasteiger partial charge on any atom is 0.266 e. The molecule has 0 radical (unpaired) electrons. The molecule has 4 saturated carbocycles. The van der Waals surface area contributed by atoms with Crippen molar-refractivity contribution in [1.82, 2.24) is 9.78 Å². The fourth-order valence-electron chi connectivity index (χ4n) is 7.32. The SMILES string of the molecule is CCOc1ccc(NC(=O)C(C#N)=Cc2cn(-c3ccccc3)nc2C23CC4CC(CC(C4)C2)C3)cc1. The first kappa shape index (κ1) is 23.5. The molecule has 0 spiro atoms.